The molecule has 6 aromatic heterocycles. The molecule has 19 aromatic rings. The third-order valence-electron chi connectivity index (χ3n) is 26.3. The number of hydrogen-bond acceptors (Lipinski definition) is 17. The van der Waals surface area contributed by atoms with Crippen LogP contribution < -0.4 is 103 Å². The topological polar surface area (TPSA) is 178 Å². The number of aromatic carboxylic acids is 1. The van der Waals surface area contributed by atoms with Crippen molar-refractivity contribution in [2.75, 3.05) is 95.6 Å². The summed E-state index contributed by atoms with van der Waals surface area (Å²) in [4.78, 5) is 64.8. The van der Waals surface area contributed by atoms with Crippen LogP contribution in [-0.2, 0) is 85.2 Å². The third kappa shape index (κ3) is 20.4. The van der Waals surface area contributed by atoms with Crippen LogP contribution in [0.3, 0.4) is 0 Å². The normalized spacial score (nSPS) is 14.5. The first-order valence-corrected chi connectivity index (χ1v) is 52.5. The maximum absolute atomic E-state index is 10.1. The largest absolute Gasteiger partial charge is 0.512 e. The van der Waals surface area contributed by atoms with Gasteiger partial charge in [0.2, 0.25) is 0 Å². The third-order valence-corrected chi connectivity index (χ3v) is 36.7. The first-order valence-electron chi connectivity index (χ1n) is 47.1. The molecule has 0 amide bonds. The van der Waals surface area contributed by atoms with Gasteiger partial charge in [-0.25, -0.2) is 9.78 Å². The van der Waals surface area contributed by atoms with Crippen LogP contribution in [-0.4, -0.2) is 108 Å². The molecule has 0 spiro atoms. The van der Waals surface area contributed by atoms with Crippen molar-refractivity contribution in [2.24, 2.45) is 0 Å². The molecule has 4 atom stereocenters. The fraction of sp³-hybridized carbons (Fsp3) is 0.0820. The van der Waals surface area contributed by atoms with Crippen LogP contribution in [0.2, 0.25) is 0 Å². The molecule has 0 fully saturated rings. The Morgan fingerprint density at radius 1 is 0.250 bits per heavy atom. The number of anilines is 16. The summed E-state index contributed by atoms with van der Waals surface area (Å²) in [6, 6.07) is 140. The number of carboxylic acid groups (broad SMARTS) is 1. The van der Waals surface area contributed by atoms with E-state index in [9.17, 15) is 9.59 Å². The zero-order chi connectivity index (χ0) is 98.9. The molecule has 13 aromatic carbocycles. The Balaban J connectivity index is 0.000000123. The second-order valence-corrected chi connectivity index (χ2v) is 43.4. The van der Waals surface area contributed by atoms with E-state index >= 15 is 0 Å². The summed E-state index contributed by atoms with van der Waals surface area (Å²) in [6.45, 7) is 2.85. The molecule has 26 heteroatoms. The van der Waals surface area contributed by atoms with Gasteiger partial charge in [0.15, 0.2) is 5.78 Å². The van der Waals surface area contributed by atoms with Crippen LogP contribution in [0.1, 0.15) is 24.3 Å². The van der Waals surface area contributed by atoms with Crippen LogP contribution in [0, 0.1) is 30.3 Å². The molecule has 0 saturated carbocycles. The average Bonchev–Trinajstić information content (AvgIpc) is 0.721. The monoisotopic (exact) mass is 2720 g/mol. The van der Waals surface area contributed by atoms with Gasteiger partial charge in [0.25, 0.3) is 0 Å². The van der Waals surface area contributed by atoms with Gasteiger partial charge in [-0.3, -0.25) is 4.79 Å². The zero-order valence-electron chi connectivity index (χ0n) is 82.1. The Labute approximate surface area is 922 Å². The summed E-state index contributed by atoms with van der Waals surface area (Å²) in [6.07, 6.45) is 11.8. The van der Waals surface area contributed by atoms with Crippen molar-refractivity contribution in [2.45, 2.75) is 13.8 Å². The number of hydrogen-bond donors (Lipinski definition) is 2. The standard InChI is InChI=1S/4C25H19N3P.C11H8N.C6H5NO2.C5H8O2.4Ir/c4*1-27-19-10-3-5-12-23(19)29-24-13-6-4-11-20(24)28(2)22-16-17(15-21(27)25(22)29)18-9-7-8-14-26-18;1-2-6-10(7-3-1)11-8-4-5-9-12-11;8-6(9)5-3-1-2-4-7-5;1-4(6)3-5(2)7;;;;/h4*3-15H,1-2H3;1-6,8-9H;1-4H,(H,8,9);3,6H,1-2H3;;;;/q5*-1;;;;;;. The Morgan fingerprint density at radius 3 is 0.642 bits per heavy atom. The summed E-state index contributed by atoms with van der Waals surface area (Å²) in [5, 5.41) is 33.6. The van der Waals surface area contributed by atoms with Crippen molar-refractivity contribution >= 4 is 198 Å². The number of carboxylic acids is 1. The molecular formula is C122H97Ir4N14O4P4-5. The average molecular weight is 2720 g/mol. The second-order valence-electron chi connectivity index (χ2n) is 35.1. The van der Waals surface area contributed by atoms with E-state index in [0.29, 0.717) is 0 Å². The molecule has 0 saturated heterocycles. The fourth-order valence-corrected chi connectivity index (χ4v) is 31.5. The van der Waals surface area contributed by atoms with Crippen molar-refractivity contribution in [3.05, 3.63) is 437 Å². The number of para-hydroxylation sites is 8. The maximum atomic E-state index is 10.1. The summed E-state index contributed by atoms with van der Waals surface area (Å²) in [7, 11) is 14.8. The van der Waals surface area contributed by atoms with Gasteiger partial charge in [-0.1, -0.05) is 212 Å². The van der Waals surface area contributed by atoms with E-state index in [1.54, 1.807) is 18.3 Å². The smallest absolute Gasteiger partial charge is 0.354 e. The number of benzene rings is 13. The summed E-state index contributed by atoms with van der Waals surface area (Å²) in [5.74, 6) is -1.05. The van der Waals surface area contributed by atoms with Crippen LogP contribution >= 0.6 is 31.7 Å². The number of pyridine rings is 6. The number of aliphatic hydroxyl groups is 1. The molecule has 8 aliphatic rings. The molecule has 18 nitrogen and oxygen atoms in total. The van der Waals surface area contributed by atoms with Crippen molar-refractivity contribution in [3.63, 3.8) is 0 Å². The summed E-state index contributed by atoms with van der Waals surface area (Å²) in [5.41, 5.74) is 29.9. The number of nitrogens with zero attached hydrogens (tertiary/aromatic N) is 14. The molecule has 14 heterocycles. The molecule has 148 heavy (non-hydrogen) atoms. The summed E-state index contributed by atoms with van der Waals surface area (Å²) < 4.78 is 0. The van der Waals surface area contributed by atoms with Crippen LogP contribution in [0.15, 0.2) is 401 Å². The van der Waals surface area contributed by atoms with Gasteiger partial charge < -0.3 is 74.3 Å². The number of allylic oxidation sites excluding steroid dienone is 2. The van der Waals surface area contributed by atoms with E-state index in [1.165, 1.54) is 164 Å². The van der Waals surface area contributed by atoms with E-state index in [2.05, 4.69) is 398 Å². The van der Waals surface area contributed by atoms with E-state index in [-0.39, 0.29) is 97.7 Å². The number of fused-ring (bicyclic) bond motifs is 16. The van der Waals surface area contributed by atoms with Crippen molar-refractivity contribution < 1.29 is 100 Å². The van der Waals surface area contributed by atoms with Crippen LogP contribution in [0.25, 0.3) is 56.3 Å². The number of rotatable bonds is 7. The van der Waals surface area contributed by atoms with Crippen molar-refractivity contribution in [1.82, 2.24) is 29.9 Å². The number of carbonyl (C=O) groups excluding carboxylic acids is 1. The minimum Gasteiger partial charge on any atom is -0.512 e. The van der Waals surface area contributed by atoms with Gasteiger partial charge in [-0.2, -0.15) is 0 Å². The second kappa shape index (κ2) is 46.3. The first kappa shape index (κ1) is 105. The Morgan fingerprint density at radius 2 is 0.459 bits per heavy atom. The number of aliphatic hydroxyl groups excluding tert-OH is 1. The van der Waals surface area contributed by atoms with Gasteiger partial charge in [0.1, 0.15) is 5.69 Å². The van der Waals surface area contributed by atoms with Gasteiger partial charge in [0, 0.05) is 226 Å². The van der Waals surface area contributed by atoms with E-state index in [1.807, 2.05) is 116 Å². The molecule has 27 rings (SSSR count). The predicted molar refractivity (Wildman–Crippen MR) is 600 cm³/mol. The molecule has 8 aliphatic heterocycles. The number of ketones is 1. The minimum atomic E-state index is -0.990. The van der Waals surface area contributed by atoms with E-state index < -0.39 is 37.7 Å². The van der Waals surface area contributed by atoms with Gasteiger partial charge >= 0.3 is 5.97 Å². The van der Waals surface area contributed by atoms with Crippen molar-refractivity contribution in [3.8, 4) is 56.3 Å². The Hall–Kier alpha value is -13.8. The molecule has 4 radical (unpaired) electrons. The maximum Gasteiger partial charge on any atom is 0.354 e. The van der Waals surface area contributed by atoms with Gasteiger partial charge in [0.05, 0.1) is 5.76 Å². The van der Waals surface area contributed by atoms with E-state index in [4.69, 9.17) is 10.2 Å². The van der Waals surface area contributed by atoms with Gasteiger partial charge in [-0.15, -0.1) is 107 Å². The fourth-order valence-electron chi connectivity index (χ4n) is 19.5. The molecule has 4 unspecified atom stereocenters. The Kier molecular flexibility index (Phi) is 33.0. The summed E-state index contributed by atoms with van der Waals surface area (Å²) >= 11 is 0. The minimum absolute atomic E-state index is 0. The SMILES string of the molecule is CC(=O)C=C(C)O.CN1c2[c-]c(-c3ccccn3)cc3c2P(c2ccccc21)c1ccccc1N3C.CN1c2[c-]c(-c3ccccn3)cc3c2P(c2ccccc21)c1ccccc1N3C.CN1c2[c-]c(-c3ccccn3)cc3c2P(c2ccccc21)c1ccccc1N3C.CN1c2[c-]c(-c3ccccn3)cc3c2P(c2ccccc21)c1ccccc1N3C.O=C(O)c1ccccn1.[Ir].[Ir].[Ir].[Ir].[c-]1ccccc1-c1ccccn1. The Bertz CT molecular complexity index is 6980. The number of carbonyl (C=O) groups is 2. The molecule has 740 valence electrons. The molecular weight excluding hydrogens is 2620 g/mol. The predicted octanol–water partition coefficient (Wildman–Crippen LogP) is 22.2. The van der Waals surface area contributed by atoms with E-state index in [0.717, 1.165) is 79.0 Å². The first-order chi connectivity index (χ1) is 70.3. The van der Waals surface area contributed by atoms with Gasteiger partial charge in [-0.05, 0) is 274 Å². The van der Waals surface area contributed by atoms with Crippen LogP contribution in [0.4, 0.5) is 91.0 Å². The quantitative estimate of drug-likeness (QED) is 0.0666. The van der Waals surface area contributed by atoms with Crippen LogP contribution in [0.5, 0.6) is 0 Å². The van der Waals surface area contributed by atoms with Crippen molar-refractivity contribution in [1.29, 1.82) is 0 Å². The number of aromatic nitrogens is 6. The molecule has 0 bridgehead atoms. The molecule has 2 N–H and O–H groups in total. The zero-order valence-corrected chi connectivity index (χ0v) is 95.3. The molecule has 0 aliphatic carbocycles.